The average molecular weight is 269 g/mol. The highest BCUT2D eigenvalue weighted by Gasteiger charge is 2.39. The molecule has 1 aliphatic carbocycles. The minimum absolute atomic E-state index is 0.307. The molecule has 1 unspecified atom stereocenters. The first-order valence-corrected chi connectivity index (χ1v) is 7.66. The Kier molecular flexibility index (Phi) is 5.22. The fraction of sp³-hybridized carbons (Fsp3) is 0.933. The summed E-state index contributed by atoms with van der Waals surface area (Å²) >= 11 is 0. The fourth-order valence-corrected chi connectivity index (χ4v) is 3.56. The van der Waals surface area contributed by atoms with Crippen LogP contribution in [0.5, 0.6) is 0 Å². The molecule has 110 valence electrons. The van der Waals surface area contributed by atoms with Gasteiger partial charge in [0.1, 0.15) is 0 Å². The Labute approximate surface area is 116 Å². The summed E-state index contributed by atoms with van der Waals surface area (Å²) in [7, 11) is 2.04. The van der Waals surface area contributed by atoms with Crippen LogP contribution in [0.3, 0.4) is 0 Å². The second-order valence-electron chi connectivity index (χ2n) is 6.33. The van der Waals surface area contributed by atoms with Gasteiger partial charge in [0.2, 0.25) is 0 Å². The quantitative estimate of drug-likeness (QED) is 0.779. The van der Waals surface area contributed by atoms with E-state index in [1.165, 1.54) is 12.8 Å². The second-order valence-corrected chi connectivity index (χ2v) is 6.33. The Morgan fingerprint density at radius 3 is 2.47 bits per heavy atom. The van der Waals surface area contributed by atoms with Crippen molar-refractivity contribution in [2.45, 2.75) is 57.5 Å². The van der Waals surface area contributed by atoms with Gasteiger partial charge in [-0.1, -0.05) is 25.7 Å². The molecule has 0 aromatic rings. The lowest BCUT2D eigenvalue weighted by Gasteiger charge is -2.33. The predicted molar refractivity (Wildman–Crippen MR) is 74.2 cm³/mol. The lowest BCUT2D eigenvalue weighted by atomic mass is 9.80. The van der Waals surface area contributed by atoms with Gasteiger partial charge in [-0.05, 0) is 32.7 Å². The van der Waals surface area contributed by atoms with E-state index < -0.39 is 11.4 Å². The maximum absolute atomic E-state index is 11.7. The maximum atomic E-state index is 11.7. The highest BCUT2D eigenvalue weighted by Crippen LogP contribution is 2.36. The number of rotatable bonds is 5. The number of carbonyl (C=O) groups is 1. The van der Waals surface area contributed by atoms with Gasteiger partial charge in [-0.2, -0.15) is 0 Å². The van der Waals surface area contributed by atoms with Crippen molar-refractivity contribution in [3.8, 4) is 0 Å². The molecular formula is C15H27NO3. The molecule has 0 bridgehead atoms. The van der Waals surface area contributed by atoms with Crippen LogP contribution < -0.4 is 0 Å². The third-order valence-electron chi connectivity index (χ3n) is 4.63. The Bertz CT molecular complexity index is 292. The number of hydrogen-bond acceptors (Lipinski definition) is 3. The zero-order chi connectivity index (χ0) is 13.7. The Morgan fingerprint density at radius 1 is 1.26 bits per heavy atom. The number of carboxylic acids is 1. The van der Waals surface area contributed by atoms with Gasteiger partial charge in [0.05, 0.1) is 11.5 Å². The molecule has 0 aromatic carbocycles. The van der Waals surface area contributed by atoms with Crippen molar-refractivity contribution in [2.75, 3.05) is 26.7 Å². The molecule has 1 saturated carbocycles. The Balaban J connectivity index is 1.92. The lowest BCUT2D eigenvalue weighted by Crippen LogP contribution is -2.43. The van der Waals surface area contributed by atoms with Crippen molar-refractivity contribution in [1.29, 1.82) is 0 Å². The Morgan fingerprint density at radius 2 is 1.95 bits per heavy atom. The lowest BCUT2D eigenvalue weighted by molar-refractivity contribution is -0.151. The number of nitrogens with zero attached hydrogens (tertiary/aromatic N) is 1. The summed E-state index contributed by atoms with van der Waals surface area (Å²) in [6.07, 6.45) is 8.71. The third kappa shape index (κ3) is 3.93. The zero-order valence-corrected chi connectivity index (χ0v) is 12.1. The van der Waals surface area contributed by atoms with Gasteiger partial charge in [-0.15, -0.1) is 0 Å². The average Bonchev–Trinajstić information content (AvgIpc) is 2.73. The molecular weight excluding hydrogens is 242 g/mol. The van der Waals surface area contributed by atoms with Crippen molar-refractivity contribution in [2.24, 2.45) is 5.41 Å². The van der Waals surface area contributed by atoms with E-state index in [1.807, 2.05) is 7.05 Å². The largest absolute Gasteiger partial charge is 0.481 e. The summed E-state index contributed by atoms with van der Waals surface area (Å²) in [6, 6.07) is 0. The number of ether oxygens (including phenoxy) is 1. The SMILES string of the molecule is CN(CC1CCCO1)CC1(C(=O)O)CCCCCC1. The highest BCUT2D eigenvalue weighted by molar-refractivity contribution is 5.75. The smallest absolute Gasteiger partial charge is 0.310 e. The molecule has 2 rings (SSSR count). The molecule has 0 spiro atoms. The van der Waals surface area contributed by atoms with Crippen LogP contribution in [0.25, 0.3) is 0 Å². The van der Waals surface area contributed by atoms with Gasteiger partial charge in [-0.3, -0.25) is 4.79 Å². The number of carboxylic acid groups (broad SMARTS) is 1. The van der Waals surface area contributed by atoms with Crippen LogP contribution in [0.1, 0.15) is 51.4 Å². The van der Waals surface area contributed by atoms with Gasteiger partial charge < -0.3 is 14.7 Å². The third-order valence-corrected chi connectivity index (χ3v) is 4.63. The number of likely N-dealkylation sites (N-methyl/N-ethyl adjacent to an activating group) is 1. The van der Waals surface area contributed by atoms with Crippen LogP contribution in [0, 0.1) is 5.41 Å². The normalized spacial score (nSPS) is 27.4. The summed E-state index contributed by atoms with van der Waals surface area (Å²) in [5, 5.41) is 9.67. The topological polar surface area (TPSA) is 49.8 Å². The predicted octanol–water partition coefficient (Wildman–Crippen LogP) is 2.52. The minimum Gasteiger partial charge on any atom is -0.481 e. The summed E-state index contributed by atoms with van der Waals surface area (Å²) in [4.78, 5) is 13.9. The maximum Gasteiger partial charge on any atom is 0.310 e. The van der Waals surface area contributed by atoms with Crippen molar-refractivity contribution >= 4 is 5.97 Å². The van der Waals surface area contributed by atoms with Gasteiger partial charge >= 0.3 is 5.97 Å². The number of aliphatic carboxylic acids is 1. The monoisotopic (exact) mass is 269 g/mol. The molecule has 0 radical (unpaired) electrons. The van der Waals surface area contributed by atoms with E-state index in [4.69, 9.17) is 4.74 Å². The van der Waals surface area contributed by atoms with Crippen LogP contribution in [-0.4, -0.2) is 48.8 Å². The van der Waals surface area contributed by atoms with E-state index in [-0.39, 0.29) is 0 Å². The molecule has 1 atom stereocenters. The summed E-state index contributed by atoms with van der Waals surface area (Å²) in [5.74, 6) is -0.603. The van der Waals surface area contributed by atoms with E-state index in [0.717, 1.165) is 51.7 Å². The number of hydrogen-bond donors (Lipinski definition) is 1. The fourth-order valence-electron chi connectivity index (χ4n) is 3.56. The molecule has 0 aromatic heterocycles. The minimum atomic E-state index is -0.603. The summed E-state index contributed by atoms with van der Waals surface area (Å²) in [6.45, 7) is 2.40. The highest BCUT2D eigenvalue weighted by atomic mass is 16.5. The molecule has 1 heterocycles. The molecule has 1 saturated heterocycles. The molecule has 19 heavy (non-hydrogen) atoms. The molecule has 2 aliphatic rings. The van der Waals surface area contributed by atoms with Crippen LogP contribution >= 0.6 is 0 Å². The van der Waals surface area contributed by atoms with E-state index in [0.29, 0.717) is 12.6 Å². The molecule has 4 nitrogen and oxygen atoms in total. The van der Waals surface area contributed by atoms with E-state index in [2.05, 4.69) is 4.90 Å². The van der Waals surface area contributed by atoms with Crippen LogP contribution in [0.2, 0.25) is 0 Å². The molecule has 1 N–H and O–H groups in total. The second kappa shape index (κ2) is 6.71. The van der Waals surface area contributed by atoms with Crippen molar-refractivity contribution in [3.05, 3.63) is 0 Å². The van der Waals surface area contributed by atoms with Gasteiger partial charge in [0, 0.05) is 19.7 Å². The van der Waals surface area contributed by atoms with Crippen LogP contribution in [0.4, 0.5) is 0 Å². The van der Waals surface area contributed by atoms with Crippen molar-refractivity contribution < 1.29 is 14.6 Å². The van der Waals surface area contributed by atoms with Crippen LogP contribution in [0.15, 0.2) is 0 Å². The van der Waals surface area contributed by atoms with E-state index in [1.54, 1.807) is 0 Å². The van der Waals surface area contributed by atoms with E-state index in [9.17, 15) is 9.90 Å². The van der Waals surface area contributed by atoms with Crippen molar-refractivity contribution in [3.63, 3.8) is 0 Å². The van der Waals surface area contributed by atoms with E-state index >= 15 is 0 Å². The molecule has 0 amide bonds. The first-order valence-electron chi connectivity index (χ1n) is 7.66. The molecule has 1 aliphatic heterocycles. The Hall–Kier alpha value is -0.610. The van der Waals surface area contributed by atoms with Gasteiger partial charge in [0.25, 0.3) is 0 Å². The first-order chi connectivity index (χ1) is 9.12. The molecule has 2 fully saturated rings. The van der Waals surface area contributed by atoms with Crippen LogP contribution in [-0.2, 0) is 9.53 Å². The summed E-state index contributed by atoms with van der Waals surface area (Å²) in [5.41, 5.74) is -0.524. The van der Waals surface area contributed by atoms with Gasteiger partial charge in [-0.25, -0.2) is 0 Å². The molecule has 4 heteroatoms. The summed E-state index contributed by atoms with van der Waals surface area (Å²) < 4.78 is 5.64. The van der Waals surface area contributed by atoms with Crippen molar-refractivity contribution in [1.82, 2.24) is 4.90 Å². The van der Waals surface area contributed by atoms with Gasteiger partial charge in [0.15, 0.2) is 0 Å². The zero-order valence-electron chi connectivity index (χ0n) is 12.1. The first kappa shape index (κ1) is 14.8. The standard InChI is InChI=1S/C15H27NO3/c1-16(11-13-7-6-10-19-13)12-15(14(17)18)8-4-2-3-5-9-15/h13H,2-12H2,1H3,(H,17,18).